The van der Waals surface area contributed by atoms with Gasteiger partial charge in [0.2, 0.25) is 0 Å². The van der Waals surface area contributed by atoms with Crippen molar-refractivity contribution in [2.24, 2.45) is 5.92 Å². The molecule has 3 aliphatic rings. The molecule has 0 bridgehead atoms. The van der Waals surface area contributed by atoms with Crippen LogP contribution >= 0.6 is 0 Å². The summed E-state index contributed by atoms with van der Waals surface area (Å²) in [6.07, 6.45) is 22.8. The molecule has 0 saturated carbocycles. The highest BCUT2D eigenvalue weighted by atomic mass is 15.1. The third-order valence-corrected chi connectivity index (χ3v) is 16.3. The van der Waals surface area contributed by atoms with Gasteiger partial charge in [0.05, 0.1) is 17.1 Å². The molecule has 4 nitrogen and oxygen atoms in total. The average molecular weight is 1010 g/mol. The van der Waals surface area contributed by atoms with Crippen molar-refractivity contribution < 1.29 is 0 Å². The Morgan fingerprint density at radius 1 is 0.481 bits per heavy atom. The highest BCUT2D eigenvalue weighted by Gasteiger charge is 2.39. The molecule has 0 saturated heterocycles. The standard InChI is InChI=1S/C73H76N4/c1-70(2,3)56-43-60-61-44-57(71(4,5)6)46-63(73(10,11)12)66(61)77(65(60)62(45-56)72(7,8)9)64-58(51-37-33-49(34-38-51)47-25-17-13-18-26-47)41-55(42-59(64)52-39-35-50(36-40-52)48-27-19-14-20-28-48)69-75-67(53-29-21-15-22-30-53)74-68(76-69)54-31-23-16-24-32-54/h13-31,33-35,37-46,50,54,59,64H,32,36H2,1-12H3/t50?,54?,59-,64?/m0/s1. The van der Waals surface area contributed by atoms with Gasteiger partial charge >= 0.3 is 0 Å². The summed E-state index contributed by atoms with van der Waals surface area (Å²) in [5, 5.41) is 2.64. The fraction of sp³-hybridized carbons (Fsp3) is 0.301. The minimum Gasteiger partial charge on any atom is -0.331 e. The third kappa shape index (κ3) is 10.2. The smallest absolute Gasteiger partial charge is 0.163 e. The molecule has 3 unspecified atom stereocenters. The van der Waals surface area contributed by atoms with Crippen LogP contribution in [0.15, 0.2) is 200 Å². The molecule has 8 aromatic rings. The molecule has 0 fully saturated rings. The van der Waals surface area contributed by atoms with Crippen LogP contribution in [0.1, 0.15) is 159 Å². The number of hydrogen-bond acceptors (Lipinski definition) is 3. The van der Waals surface area contributed by atoms with Crippen molar-refractivity contribution in [3.8, 4) is 22.5 Å². The molecule has 77 heavy (non-hydrogen) atoms. The van der Waals surface area contributed by atoms with Crippen molar-refractivity contribution in [1.29, 1.82) is 0 Å². The van der Waals surface area contributed by atoms with Crippen LogP contribution in [0.3, 0.4) is 0 Å². The number of rotatable bonds is 8. The van der Waals surface area contributed by atoms with Gasteiger partial charge in [-0.1, -0.05) is 259 Å². The Morgan fingerprint density at radius 2 is 1.01 bits per heavy atom. The zero-order valence-corrected chi connectivity index (χ0v) is 47.5. The molecule has 2 aromatic heterocycles. The summed E-state index contributed by atoms with van der Waals surface area (Å²) >= 11 is 0. The predicted octanol–water partition coefficient (Wildman–Crippen LogP) is 19.1. The van der Waals surface area contributed by atoms with Crippen LogP contribution in [-0.2, 0) is 21.7 Å². The Hall–Kier alpha value is -7.43. The number of nitrogens with zero attached hydrogens (tertiary/aromatic N) is 4. The molecule has 388 valence electrons. The van der Waals surface area contributed by atoms with Crippen LogP contribution in [0.25, 0.3) is 55.5 Å². The largest absolute Gasteiger partial charge is 0.331 e. The Balaban J connectivity index is 1.27. The number of benzene rings is 6. The van der Waals surface area contributed by atoms with E-state index in [1.807, 2.05) is 0 Å². The molecular weight excluding hydrogens is 933 g/mol. The van der Waals surface area contributed by atoms with Crippen LogP contribution in [0.4, 0.5) is 0 Å². The van der Waals surface area contributed by atoms with E-state index >= 15 is 0 Å². The van der Waals surface area contributed by atoms with Crippen LogP contribution < -0.4 is 0 Å². The van der Waals surface area contributed by atoms with Crippen molar-refractivity contribution in [2.45, 2.75) is 135 Å². The normalized spacial score (nSPS) is 19.1. The topological polar surface area (TPSA) is 43.6 Å². The molecule has 2 heterocycles. The van der Waals surface area contributed by atoms with E-state index in [4.69, 9.17) is 15.0 Å². The lowest BCUT2D eigenvalue weighted by Gasteiger charge is -2.38. The van der Waals surface area contributed by atoms with Crippen LogP contribution in [0, 0.1) is 5.92 Å². The highest BCUT2D eigenvalue weighted by molar-refractivity contribution is 6.12. The lowest BCUT2D eigenvalue weighted by atomic mass is 9.74. The van der Waals surface area contributed by atoms with E-state index in [1.54, 1.807) is 0 Å². The summed E-state index contributed by atoms with van der Waals surface area (Å²) in [6, 6.07) is 51.5. The Bertz CT molecular complexity index is 3610. The Morgan fingerprint density at radius 3 is 1.53 bits per heavy atom. The first-order valence-electron chi connectivity index (χ1n) is 28.1. The number of fused-ring (bicyclic) bond motifs is 3. The maximum Gasteiger partial charge on any atom is 0.163 e. The summed E-state index contributed by atoms with van der Waals surface area (Å²) in [6.45, 7) is 28.7. The molecule has 0 amide bonds. The SMILES string of the molecule is CC(C)(C)c1cc(C(C)(C)C)c2c(c1)c1cc(C(C)(C)C)cc(C(C)(C)C)c1n2C1C(c2ccc(-c3ccccc3)cc2)=CC(c2nc(-c3ccccc3)nc(C3C=CC=CC3)n2)=C[C@H]1C1=CCC(c2ccccc2)C=C1. The third-order valence-electron chi connectivity index (χ3n) is 16.3. The molecule has 6 aromatic carbocycles. The zero-order valence-electron chi connectivity index (χ0n) is 47.5. The van der Waals surface area contributed by atoms with Gasteiger partial charge in [-0.15, -0.1) is 0 Å². The number of hydrogen-bond donors (Lipinski definition) is 0. The fourth-order valence-corrected chi connectivity index (χ4v) is 11.8. The van der Waals surface area contributed by atoms with Crippen LogP contribution in [0.5, 0.6) is 0 Å². The quantitative estimate of drug-likeness (QED) is 0.152. The summed E-state index contributed by atoms with van der Waals surface area (Å²) in [5.41, 5.74) is 16.9. The lowest BCUT2D eigenvalue weighted by molar-refractivity contribution is 0.529. The van der Waals surface area contributed by atoms with Gasteiger partial charge in [-0.05, 0) is 108 Å². The van der Waals surface area contributed by atoms with Gasteiger partial charge in [0.1, 0.15) is 5.82 Å². The molecule has 0 radical (unpaired) electrons. The molecular formula is C73H76N4. The van der Waals surface area contributed by atoms with E-state index in [2.05, 4.69) is 282 Å². The minimum atomic E-state index is -0.197. The van der Waals surface area contributed by atoms with E-state index in [0.717, 1.165) is 29.8 Å². The van der Waals surface area contributed by atoms with Gasteiger partial charge in [-0.3, -0.25) is 0 Å². The second-order valence-electron chi connectivity index (χ2n) is 26.0. The van der Waals surface area contributed by atoms with Crippen LogP contribution in [-0.4, -0.2) is 19.5 Å². The van der Waals surface area contributed by atoms with Crippen molar-refractivity contribution in [3.63, 3.8) is 0 Å². The summed E-state index contributed by atoms with van der Waals surface area (Å²) in [4.78, 5) is 16.2. The first-order valence-corrected chi connectivity index (χ1v) is 28.1. The van der Waals surface area contributed by atoms with E-state index in [-0.39, 0.29) is 45.5 Å². The lowest BCUT2D eigenvalue weighted by Crippen LogP contribution is -2.27. The van der Waals surface area contributed by atoms with Crippen molar-refractivity contribution in [3.05, 3.63) is 245 Å². The summed E-state index contributed by atoms with van der Waals surface area (Å²) < 4.78 is 2.84. The first-order chi connectivity index (χ1) is 36.7. The average Bonchev–Trinajstić information content (AvgIpc) is 4.05. The maximum absolute atomic E-state index is 5.50. The van der Waals surface area contributed by atoms with Crippen molar-refractivity contribution >= 4 is 33.0 Å². The zero-order chi connectivity index (χ0) is 54.0. The van der Waals surface area contributed by atoms with Gasteiger partial charge < -0.3 is 4.57 Å². The van der Waals surface area contributed by atoms with E-state index in [9.17, 15) is 0 Å². The molecule has 4 atom stereocenters. The monoisotopic (exact) mass is 1010 g/mol. The second-order valence-corrected chi connectivity index (χ2v) is 26.0. The molecule has 0 aliphatic heterocycles. The van der Waals surface area contributed by atoms with E-state index in [0.29, 0.717) is 11.6 Å². The Kier molecular flexibility index (Phi) is 13.3. The number of aromatic nitrogens is 4. The van der Waals surface area contributed by atoms with Crippen molar-refractivity contribution in [1.82, 2.24) is 19.5 Å². The molecule has 0 spiro atoms. The van der Waals surface area contributed by atoms with E-state index in [1.165, 1.54) is 77.5 Å². The summed E-state index contributed by atoms with van der Waals surface area (Å²) in [5.74, 6) is 2.35. The van der Waals surface area contributed by atoms with Crippen molar-refractivity contribution in [2.75, 3.05) is 0 Å². The fourth-order valence-electron chi connectivity index (χ4n) is 11.8. The molecule has 3 aliphatic carbocycles. The van der Waals surface area contributed by atoms with Gasteiger partial charge in [-0.2, -0.15) is 0 Å². The molecule has 0 N–H and O–H groups in total. The Labute approximate surface area is 458 Å². The van der Waals surface area contributed by atoms with Gasteiger partial charge in [0.15, 0.2) is 11.6 Å². The minimum absolute atomic E-state index is 0.0325. The second kappa shape index (κ2) is 19.9. The van der Waals surface area contributed by atoms with Crippen LogP contribution in [0.2, 0.25) is 0 Å². The van der Waals surface area contributed by atoms with Gasteiger partial charge in [0.25, 0.3) is 0 Å². The highest BCUT2D eigenvalue weighted by Crippen LogP contribution is 2.53. The predicted molar refractivity (Wildman–Crippen MR) is 327 cm³/mol. The van der Waals surface area contributed by atoms with Gasteiger partial charge in [0, 0.05) is 39.7 Å². The molecule has 4 heteroatoms. The molecule has 11 rings (SSSR count). The number of allylic oxidation sites excluding steroid dienone is 12. The first kappa shape index (κ1) is 51.7. The van der Waals surface area contributed by atoms with E-state index < -0.39 is 0 Å². The van der Waals surface area contributed by atoms with Gasteiger partial charge in [-0.25, -0.2) is 15.0 Å². The maximum atomic E-state index is 5.50. The summed E-state index contributed by atoms with van der Waals surface area (Å²) in [7, 11) is 0.